The molecular formula is CH3N3O2S3. The Kier molecular flexibility index (Phi) is 2.11. The molecule has 0 spiro atoms. The summed E-state index contributed by atoms with van der Waals surface area (Å²) in [5.41, 5.74) is 0. The topological polar surface area (TPSA) is 70.2 Å². The lowest BCUT2D eigenvalue weighted by molar-refractivity contribution is 0.251. The molecule has 1 saturated heterocycles. The third-order valence-electron chi connectivity index (χ3n) is 0.522. The van der Waals surface area contributed by atoms with Gasteiger partial charge in [-0.25, -0.2) is 13.7 Å². The van der Waals surface area contributed by atoms with Crippen LogP contribution in [-0.2, 0) is 32.2 Å². The van der Waals surface area contributed by atoms with E-state index in [2.05, 4.69) is 24.8 Å². The first-order valence-corrected chi connectivity index (χ1v) is 5.15. The first-order chi connectivity index (χ1) is 4.18. The van der Waals surface area contributed by atoms with Crippen molar-refractivity contribution in [1.29, 1.82) is 0 Å². The summed E-state index contributed by atoms with van der Waals surface area (Å²) in [5, 5.41) is 0. The van der Waals surface area contributed by atoms with Gasteiger partial charge in [-0.05, 0) is 11.2 Å². The zero-order chi connectivity index (χ0) is 6.85. The number of carbonyl (C=O) groups excluding carboxylic acids is 1. The van der Waals surface area contributed by atoms with E-state index >= 15 is 0 Å². The van der Waals surface area contributed by atoms with E-state index in [1.165, 1.54) is 0 Å². The van der Waals surface area contributed by atoms with Gasteiger partial charge in [0.15, 0.2) is 0 Å². The maximum Gasteiger partial charge on any atom is 0.338 e. The van der Waals surface area contributed by atoms with Gasteiger partial charge in [0, 0.05) is 0 Å². The lowest BCUT2D eigenvalue weighted by Crippen LogP contribution is -2.51. The first kappa shape index (κ1) is 7.06. The minimum atomic E-state index is -1.50. The molecule has 3 N–H and O–H groups in total. The number of nitrogens with one attached hydrogen (secondary N) is 3. The van der Waals surface area contributed by atoms with Crippen LogP contribution in [0.1, 0.15) is 0 Å². The lowest BCUT2D eigenvalue weighted by atomic mass is 11.2. The van der Waals surface area contributed by atoms with Crippen molar-refractivity contribution in [2.45, 2.75) is 0 Å². The van der Waals surface area contributed by atoms with Crippen molar-refractivity contribution in [2.75, 3.05) is 0 Å². The SMILES string of the molecule is O=C1NS(=O)NS(=S)N1. The summed E-state index contributed by atoms with van der Waals surface area (Å²) in [5.74, 6) is 0. The first-order valence-electron chi connectivity index (χ1n) is 1.85. The Labute approximate surface area is 61.2 Å². The quantitative estimate of drug-likeness (QED) is 0.425. The van der Waals surface area contributed by atoms with E-state index in [1.54, 1.807) is 0 Å². The van der Waals surface area contributed by atoms with E-state index in [-0.39, 0.29) is 0 Å². The molecule has 52 valence electrons. The van der Waals surface area contributed by atoms with Gasteiger partial charge in [0.1, 0.15) is 0 Å². The number of amides is 2. The highest BCUT2D eigenvalue weighted by Gasteiger charge is 2.14. The summed E-state index contributed by atoms with van der Waals surface area (Å²) in [7, 11) is -0.879. The fourth-order valence-electron chi connectivity index (χ4n) is 0.300. The van der Waals surface area contributed by atoms with Crippen LogP contribution in [0.25, 0.3) is 0 Å². The molecule has 5 nitrogen and oxygen atoms in total. The van der Waals surface area contributed by atoms with E-state index in [9.17, 15) is 9.00 Å². The molecule has 2 unspecified atom stereocenters. The van der Waals surface area contributed by atoms with E-state index in [0.717, 1.165) is 0 Å². The van der Waals surface area contributed by atoms with E-state index < -0.39 is 27.0 Å². The molecule has 2 atom stereocenters. The monoisotopic (exact) mass is 185 g/mol. The van der Waals surface area contributed by atoms with Crippen LogP contribution in [0.15, 0.2) is 0 Å². The van der Waals surface area contributed by atoms with Crippen molar-refractivity contribution in [3.8, 4) is 0 Å². The Balaban J connectivity index is 2.64. The van der Waals surface area contributed by atoms with Crippen molar-refractivity contribution in [1.82, 2.24) is 13.6 Å². The Bertz CT molecular complexity index is 144. The summed E-state index contributed by atoms with van der Waals surface area (Å²) in [6.07, 6.45) is 0. The molecule has 1 aliphatic rings. The molecular weight excluding hydrogens is 182 g/mol. The number of hydrogen-bond donors (Lipinski definition) is 3. The minimum absolute atomic E-state index is 0.495. The smallest absolute Gasteiger partial charge is 0.265 e. The molecule has 2 amide bonds. The second-order valence-corrected chi connectivity index (χ2v) is 4.30. The Hall–Kier alpha value is -0.0500. The van der Waals surface area contributed by atoms with E-state index in [4.69, 9.17) is 0 Å². The van der Waals surface area contributed by atoms with Crippen LogP contribution < -0.4 is 13.6 Å². The lowest BCUT2D eigenvalue weighted by Gasteiger charge is -2.14. The maximum absolute atomic E-state index is 10.5. The molecule has 0 aromatic rings. The van der Waals surface area contributed by atoms with Gasteiger partial charge in [0.25, 0.3) is 0 Å². The standard InChI is InChI=1S/CH3N3O2S3/c5-1-2-8(6)4-9(7)3-1/h4H,(H2,2,3,5). The highest BCUT2D eigenvalue weighted by molar-refractivity contribution is 8.30. The molecule has 0 aromatic carbocycles. The number of hydrogen-bond acceptors (Lipinski definition) is 3. The highest BCUT2D eigenvalue weighted by atomic mass is 32.8. The van der Waals surface area contributed by atoms with Crippen LogP contribution >= 0.6 is 0 Å². The van der Waals surface area contributed by atoms with Gasteiger partial charge in [-0.1, -0.05) is 0 Å². The normalized spacial score (nSPS) is 34.9. The summed E-state index contributed by atoms with van der Waals surface area (Å²) in [4.78, 5) is 10.4. The van der Waals surface area contributed by atoms with Crippen LogP contribution in [0, 0.1) is 0 Å². The predicted octanol–water partition coefficient (Wildman–Crippen LogP) is -1.62. The van der Waals surface area contributed by atoms with Crippen molar-refractivity contribution in [3.63, 3.8) is 0 Å². The molecule has 1 rings (SSSR count). The third-order valence-corrected chi connectivity index (χ3v) is 3.34. The Morgan fingerprint density at radius 2 is 2.11 bits per heavy atom. The van der Waals surface area contributed by atoms with E-state index in [1.807, 2.05) is 0 Å². The average molecular weight is 185 g/mol. The van der Waals surface area contributed by atoms with Crippen molar-refractivity contribution in [3.05, 3.63) is 0 Å². The van der Waals surface area contributed by atoms with Gasteiger partial charge in [0.05, 0.1) is 9.83 Å². The Morgan fingerprint density at radius 3 is 2.56 bits per heavy atom. The second kappa shape index (κ2) is 2.69. The summed E-state index contributed by atoms with van der Waals surface area (Å²) >= 11 is 3.09. The van der Waals surface area contributed by atoms with Gasteiger partial charge < -0.3 is 0 Å². The summed E-state index contributed by atoms with van der Waals surface area (Å²) in [6, 6.07) is -0.495. The summed E-state index contributed by atoms with van der Waals surface area (Å²) in [6.45, 7) is 0. The molecule has 0 aromatic heterocycles. The number of urea groups is 1. The summed E-state index contributed by atoms with van der Waals surface area (Å²) < 4.78 is 17.2. The molecule has 9 heavy (non-hydrogen) atoms. The maximum atomic E-state index is 10.5. The fraction of sp³-hybridized carbons (Fsp3) is 0. The van der Waals surface area contributed by atoms with Gasteiger partial charge in [-0.2, -0.15) is 0 Å². The van der Waals surface area contributed by atoms with Crippen LogP contribution in [0.2, 0.25) is 0 Å². The number of rotatable bonds is 0. The van der Waals surface area contributed by atoms with Crippen LogP contribution in [-0.4, -0.2) is 10.2 Å². The average Bonchev–Trinajstić information content (AvgIpc) is 1.59. The molecule has 8 heteroatoms. The van der Waals surface area contributed by atoms with Crippen molar-refractivity contribution < 1.29 is 9.00 Å². The van der Waals surface area contributed by atoms with Crippen molar-refractivity contribution in [2.24, 2.45) is 0 Å². The minimum Gasteiger partial charge on any atom is -0.265 e. The molecule has 1 aliphatic heterocycles. The largest absolute Gasteiger partial charge is 0.338 e. The molecule has 0 aliphatic carbocycles. The van der Waals surface area contributed by atoms with Crippen LogP contribution in [0.4, 0.5) is 4.79 Å². The molecule has 0 saturated carbocycles. The number of carbonyl (C=O) groups is 1. The van der Waals surface area contributed by atoms with E-state index in [0.29, 0.717) is 0 Å². The predicted molar refractivity (Wildman–Crippen MR) is 37.7 cm³/mol. The molecule has 1 fully saturated rings. The molecule has 0 radical (unpaired) electrons. The third kappa shape index (κ3) is 1.97. The Morgan fingerprint density at radius 1 is 1.44 bits per heavy atom. The fourth-order valence-corrected chi connectivity index (χ4v) is 2.47. The zero-order valence-electron chi connectivity index (χ0n) is 4.04. The van der Waals surface area contributed by atoms with Crippen LogP contribution in [0.5, 0.6) is 0 Å². The highest BCUT2D eigenvalue weighted by Crippen LogP contribution is 1.81. The molecule has 0 bridgehead atoms. The van der Waals surface area contributed by atoms with Gasteiger partial charge in [-0.15, -0.1) is 4.13 Å². The second-order valence-electron chi connectivity index (χ2n) is 1.15. The van der Waals surface area contributed by atoms with Gasteiger partial charge in [-0.3, -0.25) is 4.72 Å². The van der Waals surface area contributed by atoms with Gasteiger partial charge >= 0.3 is 6.03 Å². The van der Waals surface area contributed by atoms with Crippen LogP contribution in [0.3, 0.4) is 0 Å². The zero-order valence-corrected chi connectivity index (χ0v) is 6.49. The molecule has 1 heterocycles. The van der Waals surface area contributed by atoms with Crippen molar-refractivity contribution >= 4 is 38.2 Å². The van der Waals surface area contributed by atoms with Gasteiger partial charge in [0.2, 0.25) is 11.2 Å².